The van der Waals surface area contributed by atoms with Crippen LogP contribution in [0.3, 0.4) is 0 Å². The van der Waals surface area contributed by atoms with Crippen molar-refractivity contribution >= 4 is 0 Å². The van der Waals surface area contributed by atoms with Gasteiger partial charge in [-0.2, -0.15) is 0 Å². The molecule has 0 aliphatic heterocycles. The summed E-state index contributed by atoms with van der Waals surface area (Å²) in [5.41, 5.74) is 4.14. The van der Waals surface area contributed by atoms with Gasteiger partial charge < -0.3 is 9.84 Å². The maximum atomic E-state index is 9.11. The van der Waals surface area contributed by atoms with Gasteiger partial charge in [-0.25, -0.2) is 0 Å². The lowest BCUT2D eigenvalue weighted by Gasteiger charge is -2.18. The Labute approximate surface area is 136 Å². The number of hydrogen-bond acceptors (Lipinski definition) is 2. The first-order chi connectivity index (χ1) is 10.8. The molecule has 0 fully saturated rings. The number of aliphatic hydroxyl groups is 1. The van der Waals surface area contributed by atoms with E-state index in [1.54, 1.807) is 0 Å². The van der Waals surface area contributed by atoms with Crippen LogP contribution in [-0.2, 0) is 19.3 Å². The second-order valence-corrected chi connectivity index (χ2v) is 6.13. The van der Waals surface area contributed by atoms with Crippen molar-refractivity contribution in [2.75, 3.05) is 13.2 Å². The molecule has 0 aromatic heterocycles. The van der Waals surface area contributed by atoms with Crippen LogP contribution >= 0.6 is 0 Å². The zero-order chi connectivity index (χ0) is 16.2. The van der Waals surface area contributed by atoms with E-state index in [4.69, 9.17) is 9.84 Å². The van der Waals surface area contributed by atoms with Gasteiger partial charge in [-0.1, -0.05) is 52.2 Å². The van der Waals surface area contributed by atoms with E-state index < -0.39 is 0 Å². The normalized spacial score (nSPS) is 10.9. The molecule has 1 aromatic rings. The van der Waals surface area contributed by atoms with Crippen LogP contribution in [0.2, 0.25) is 0 Å². The first-order valence-corrected chi connectivity index (χ1v) is 9.15. The minimum atomic E-state index is 0.0814. The van der Waals surface area contributed by atoms with Crippen LogP contribution < -0.4 is 4.74 Å². The van der Waals surface area contributed by atoms with Crippen LogP contribution in [0.25, 0.3) is 0 Å². The Kier molecular flexibility index (Phi) is 9.98. The smallest absolute Gasteiger partial charge is 0.125 e. The topological polar surface area (TPSA) is 29.5 Å². The molecule has 0 saturated carbocycles. The van der Waals surface area contributed by atoms with Gasteiger partial charge in [0.1, 0.15) is 12.4 Å². The molecule has 22 heavy (non-hydrogen) atoms. The third-order valence-electron chi connectivity index (χ3n) is 4.06. The molecule has 126 valence electrons. The molecule has 0 atom stereocenters. The van der Waals surface area contributed by atoms with Crippen LogP contribution in [0.1, 0.15) is 76.0 Å². The summed E-state index contributed by atoms with van der Waals surface area (Å²) in [6.07, 6.45) is 10.6. The number of ether oxygens (including phenoxy) is 1. The van der Waals surface area contributed by atoms with E-state index in [0.717, 1.165) is 25.0 Å². The average molecular weight is 306 g/mol. The lowest BCUT2D eigenvalue weighted by Crippen LogP contribution is -2.08. The number of rotatable bonds is 12. The summed E-state index contributed by atoms with van der Waals surface area (Å²) in [6, 6.07) is 4.68. The Morgan fingerprint density at radius 1 is 0.818 bits per heavy atom. The second-order valence-electron chi connectivity index (χ2n) is 6.13. The Balaban J connectivity index is 3.07. The minimum absolute atomic E-state index is 0.0814. The number of aliphatic hydroxyl groups excluding tert-OH is 1. The van der Waals surface area contributed by atoms with E-state index >= 15 is 0 Å². The number of hydrogen-bond donors (Lipinski definition) is 1. The highest BCUT2D eigenvalue weighted by Crippen LogP contribution is 2.30. The predicted molar refractivity (Wildman–Crippen MR) is 94.9 cm³/mol. The zero-order valence-corrected chi connectivity index (χ0v) is 14.8. The minimum Gasteiger partial charge on any atom is -0.491 e. The summed E-state index contributed by atoms with van der Waals surface area (Å²) in [5.74, 6) is 1.05. The van der Waals surface area contributed by atoms with Gasteiger partial charge in [-0.15, -0.1) is 0 Å². The number of benzene rings is 1. The second kappa shape index (κ2) is 11.5. The zero-order valence-electron chi connectivity index (χ0n) is 14.8. The predicted octanol–water partition coefficient (Wildman–Crippen LogP) is 5.09. The summed E-state index contributed by atoms with van der Waals surface area (Å²) in [4.78, 5) is 0. The van der Waals surface area contributed by atoms with E-state index in [9.17, 15) is 0 Å². The van der Waals surface area contributed by atoms with Gasteiger partial charge in [0.25, 0.3) is 0 Å². The van der Waals surface area contributed by atoms with Gasteiger partial charge in [0.15, 0.2) is 0 Å². The molecule has 2 nitrogen and oxygen atoms in total. The van der Waals surface area contributed by atoms with Crippen LogP contribution in [0.4, 0.5) is 0 Å². The molecular weight excluding hydrogens is 272 g/mol. The van der Waals surface area contributed by atoms with Gasteiger partial charge in [0, 0.05) is 0 Å². The van der Waals surface area contributed by atoms with Crippen molar-refractivity contribution in [2.24, 2.45) is 0 Å². The van der Waals surface area contributed by atoms with Gasteiger partial charge in [0.2, 0.25) is 0 Å². The van der Waals surface area contributed by atoms with Crippen LogP contribution in [0, 0.1) is 0 Å². The fourth-order valence-electron chi connectivity index (χ4n) is 2.79. The lowest BCUT2D eigenvalue weighted by atomic mass is 9.95. The maximum Gasteiger partial charge on any atom is 0.125 e. The van der Waals surface area contributed by atoms with Crippen molar-refractivity contribution < 1.29 is 9.84 Å². The standard InChI is InChI=1S/C20H34O2/c1-4-7-10-17-15-18(11-8-5-2)20(22-14-13-21)19(16-17)12-9-6-3/h15-16,21H,4-14H2,1-3H3. The highest BCUT2D eigenvalue weighted by molar-refractivity contribution is 5.45. The van der Waals surface area contributed by atoms with E-state index in [0.29, 0.717) is 6.61 Å². The summed E-state index contributed by atoms with van der Waals surface area (Å²) in [5, 5.41) is 9.11. The first-order valence-electron chi connectivity index (χ1n) is 9.15. The van der Waals surface area contributed by atoms with Crippen molar-refractivity contribution in [3.05, 3.63) is 28.8 Å². The summed E-state index contributed by atoms with van der Waals surface area (Å²) < 4.78 is 5.92. The average Bonchev–Trinajstić information content (AvgIpc) is 2.54. The molecule has 2 heteroatoms. The Hall–Kier alpha value is -1.02. The Morgan fingerprint density at radius 2 is 1.32 bits per heavy atom. The van der Waals surface area contributed by atoms with Crippen molar-refractivity contribution in [1.82, 2.24) is 0 Å². The number of unbranched alkanes of at least 4 members (excludes halogenated alkanes) is 3. The molecular formula is C20H34O2. The Bertz CT molecular complexity index is 383. The van der Waals surface area contributed by atoms with E-state index in [1.807, 2.05) is 0 Å². The van der Waals surface area contributed by atoms with E-state index in [1.165, 1.54) is 55.2 Å². The van der Waals surface area contributed by atoms with Crippen molar-refractivity contribution in [1.29, 1.82) is 0 Å². The molecule has 0 radical (unpaired) electrons. The van der Waals surface area contributed by atoms with Gasteiger partial charge in [0.05, 0.1) is 6.61 Å². The van der Waals surface area contributed by atoms with Gasteiger partial charge >= 0.3 is 0 Å². The van der Waals surface area contributed by atoms with Crippen LogP contribution in [-0.4, -0.2) is 18.3 Å². The third-order valence-corrected chi connectivity index (χ3v) is 4.06. The molecule has 1 N–H and O–H groups in total. The molecule has 1 rings (SSSR count). The maximum absolute atomic E-state index is 9.11. The monoisotopic (exact) mass is 306 g/mol. The first kappa shape index (κ1) is 19.0. The van der Waals surface area contributed by atoms with Crippen molar-refractivity contribution in [3.63, 3.8) is 0 Å². The molecule has 0 heterocycles. The molecule has 0 bridgehead atoms. The fraction of sp³-hybridized carbons (Fsp3) is 0.700. The van der Waals surface area contributed by atoms with Gasteiger partial charge in [-0.3, -0.25) is 0 Å². The molecule has 1 aromatic carbocycles. The molecule has 0 aliphatic rings. The van der Waals surface area contributed by atoms with E-state index in [-0.39, 0.29) is 6.61 Å². The number of aryl methyl sites for hydroxylation is 3. The van der Waals surface area contributed by atoms with Crippen molar-refractivity contribution in [3.8, 4) is 5.75 Å². The third kappa shape index (κ3) is 6.39. The molecule has 0 aliphatic carbocycles. The highest BCUT2D eigenvalue weighted by atomic mass is 16.5. The largest absolute Gasteiger partial charge is 0.491 e. The highest BCUT2D eigenvalue weighted by Gasteiger charge is 2.12. The van der Waals surface area contributed by atoms with Crippen LogP contribution in [0.5, 0.6) is 5.75 Å². The quantitative estimate of drug-likeness (QED) is 0.583. The summed E-state index contributed by atoms with van der Waals surface area (Å²) >= 11 is 0. The van der Waals surface area contributed by atoms with Crippen molar-refractivity contribution in [2.45, 2.75) is 78.6 Å². The molecule has 0 amide bonds. The fourth-order valence-corrected chi connectivity index (χ4v) is 2.79. The lowest BCUT2D eigenvalue weighted by molar-refractivity contribution is 0.199. The SMILES string of the molecule is CCCCc1cc(CCCC)c(OCCO)c(CCCC)c1. The Morgan fingerprint density at radius 3 is 1.77 bits per heavy atom. The molecule has 0 saturated heterocycles. The van der Waals surface area contributed by atoms with Gasteiger partial charge in [-0.05, 0) is 55.2 Å². The molecule has 0 spiro atoms. The summed E-state index contributed by atoms with van der Waals surface area (Å²) in [7, 11) is 0. The van der Waals surface area contributed by atoms with E-state index in [2.05, 4.69) is 32.9 Å². The molecule has 0 unspecified atom stereocenters. The summed E-state index contributed by atoms with van der Waals surface area (Å²) in [6.45, 7) is 7.18. The van der Waals surface area contributed by atoms with Crippen LogP contribution in [0.15, 0.2) is 12.1 Å².